The molecule has 1 aliphatic heterocycles. The van der Waals surface area contributed by atoms with Crippen molar-refractivity contribution < 1.29 is 13.2 Å². The molecule has 5 nitrogen and oxygen atoms in total. The van der Waals surface area contributed by atoms with E-state index in [9.17, 15) is 13.2 Å². The molecule has 26 heavy (non-hydrogen) atoms. The van der Waals surface area contributed by atoms with E-state index >= 15 is 0 Å². The Balaban J connectivity index is 1.56. The molecule has 0 saturated carbocycles. The van der Waals surface area contributed by atoms with Crippen molar-refractivity contribution in [3.05, 3.63) is 47.7 Å². The molecule has 1 fully saturated rings. The topological polar surface area (TPSA) is 35.5 Å². The second kappa shape index (κ2) is 7.49. The predicted molar refractivity (Wildman–Crippen MR) is 95.3 cm³/mol. The van der Waals surface area contributed by atoms with Crippen LogP contribution in [-0.4, -0.2) is 55.1 Å². The number of hydrogen-bond donors (Lipinski definition) is 0. The Morgan fingerprint density at radius 3 is 2.23 bits per heavy atom. The summed E-state index contributed by atoms with van der Waals surface area (Å²) >= 11 is 0. The third-order valence-corrected chi connectivity index (χ3v) is 4.43. The molecule has 0 bridgehead atoms. The molecular formula is C18H22F3N5. The van der Waals surface area contributed by atoms with Gasteiger partial charge in [0.2, 0.25) is 5.95 Å². The minimum atomic E-state index is -4.29. The van der Waals surface area contributed by atoms with Crippen LogP contribution in [-0.2, 0) is 12.7 Å². The number of benzene rings is 1. The maximum Gasteiger partial charge on any atom is 0.416 e. The molecule has 1 saturated heterocycles. The van der Waals surface area contributed by atoms with Crippen LogP contribution in [0.25, 0.3) is 0 Å². The first-order valence-electron chi connectivity index (χ1n) is 8.47. The summed E-state index contributed by atoms with van der Waals surface area (Å²) in [7, 11) is 3.88. The van der Waals surface area contributed by atoms with E-state index < -0.39 is 11.7 Å². The third kappa shape index (κ3) is 4.43. The van der Waals surface area contributed by atoms with E-state index in [4.69, 9.17) is 0 Å². The first-order chi connectivity index (χ1) is 12.3. The number of piperazine rings is 1. The molecule has 0 atom stereocenters. The van der Waals surface area contributed by atoms with Crippen LogP contribution < -0.4 is 9.80 Å². The molecule has 1 aromatic heterocycles. The molecule has 140 valence electrons. The van der Waals surface area contributed by atoms with Gasteiger partial charge in [-0.15, -0.1) is 0 Å². The molecule has 8 heteroatoms. The van der Waals surface area contributed by atoms with Gasteiger partial charge in [-0.1, -0.05) is 12.1 Å². The standard InChI is InChI=1S/C18H22F3N5/c1-24(2)16-7-8-22-17(23-16)26-11-9-25(10-12-26)13-14-3-5-15(6-4-14)18(19,20)21/h3-8H,9-13H2,1-2H3. The number of hydrogen-bond acceptors (Lipinski definition) is 5. The Morgan fingerprint density at radius 1 is 1.00 bits per heavy atom. The Bertz CT molecular complexity index is 722. The zero-order chi connectivity index (χ0) is 18.7. The lowest BCUT2D eigenvalue weighted by Gasteiger charge is -2.35. The van der Waals surface area contributed by atoms with Crippen LogP contribution in [0, 0.1) is 0 Å². The van der Waals surface area contributed by atoms with Gasteiger partial charge < -0.3 is 9.80 Å². The van der Waals surface area contributed by atoms with Gasteiger partial charge in [0.15, 0.2) is 0 Å². The van der Waals surface area contributed by atoms with Gasteiger partial charge >= 0.3 is 6.18 Å². The Morgan fingerprint density at radius 2 is 1.65 bits per heavy atom. The number of halogens is 3. The lowest BCUT2D eigenvalue weighted by atomic mass is 10.1. The SMILES string of the molecule is CN(C)c1ccnc(N2CCN(Cc3ccc(C(F)(F)F)cc3)CC2)n1. The molecule has 1 aliphatic rings. The van der Waals surface area contributed by atoms with E-state index in [1.165, 1.54) is 0 Å². The molecule has 0 N–H and O–H groups in total. The van der Waals surface area contributed by atoms with E-state index in [1.54, 1.807) is 18.3 Å². The summed E-state index contributed by atoms with van der Waals surface area (Å²) < 4.78 is 37.9. The van der Waals surface area contributed by atoms with Gasteiger partial charge in [0.1, 0.15) is 5.82 Å². The van der Waals surface area contributed by atoms with E-state index in [0.717, 1.165) is 49.7 Å². The third-order valence-electron chi connectivity index (χ3n) is 4.43. The van der Waals surface area contributed by atoms with Crippen molar-refractivity contribution >= 4 is 11.8 Å². The van der Waals surface area contributed by atoms with Crippen molar-refractivity contribution in [3.63, 3.8) is 0 Å². The number of aromatic nitrogens is 2. The maximum atomic E-state index is 12.6. The summed E-state index contributed by atoms with van der Waals surface area (Å²) in [6.45, 7) is 3.85. The summed E-state index contributed by atoms with van der Waals surface area (Å²) in [4.78, 5) is 15.2. The van der Waals surface area contributed by atoms with Gasteiger partial charge in [-0.3, -0.25) is 4.90 Å². The molecule has 0 unspecified atom stereocenters. The minimum absolute atomic E-state index is 0.607. The second-order valence-electron chi connectivity index (χ2n) is 6.57. The fraction of sp³-hybridized carbons (Fsp3) is 0.444. The highest BCUT2D eigenvalue weighted by atomic mass is 19.4. The highest BCUT2D eigenvalue weighted by molar-refractivity contribution is 5.42. The van der Waals surface area contributed by atoms with Gasteiger partial charge in [0.25, 0.3) is 0 Å². The first-order valence-corrected chi connectivity index (χ1v) is 8.47. The molecule has 0 aliphatic carbocycles. The first kappa shape index (κ1) is 18.4. The van der Waals surface area contributed by atoms with E-state index in [1.807, 2.05) is 25.1 Å². The van der Waals surface area contributed by atoms with Crippen LogP contribution in [0.3, 0.4) is 0 Å². The summed E-state index contributed by atoms with van der Waals surface area (Å²) in [5.74, 6) is 1.58. The van der Waals surface area contributed by atoms with Crippen LogP contribution in [0.2, 0.25) is 0 Å². The highest BCUT2D eigenvalue weighted by Crippen LogP contribution is 2.29. The molecule has 0 radical (unpaired) electrons. The monoisotopic (exact) mass is 365 g/mol. The van der Waals surface area contributed by atoms with Crippen LogP contribution in [0.15, 0.2) is 36.5 Å². The average Bonchev–Trinajstić information content (AvgIpc) is 2.62. The minimum Gasteiger partial charge on any atom is -0.363 e. The Kier molecular flexibility index (Phi) is 5.31. The van der Waals surface area contributed by atoms with E-state index in [0.29, 0.717) is 12.5 Å². The number of alkyl halides is 3. The van der Waals surface area contributed by atoms with Crippen LogP contribution >= 0.6 is 0 Å². The summed E-state index contributed by atoms with van der Waals surface area (Å²) in [6.07, 6.45) is -2.53. The van der Waals surface area contributed by atoms with Crippen molar-refractivity contribution in [2.45, 2.75) is 12.7 Å². The fourth-order valence-corrected chi connectivity index (χ4v) is 2.90. The lowest BCUT2D eigenvalue weighted by molar-refractivity contribution is -0.137. The molecule has 1 aromatic carbocycles. The van der Waals surface area contributed by atoms with Gasteiger partial charge in [-0.05, 0) is 23.8 Å². The largest absolute Gasteiger partial charge is 0.416 e. The number of nitrogens with zero attached hydrogens (tertiary/aromatic N) is 5. The van der Waals surface area contributed by atoms with Crippen molar-refractivity contribution in [3.8, 4) is 0 Å². The fourth-order valence-electron chi connectivity index (χ4n) is 2.90. The van der Waals surface area contributed by atoms with Crippen molar-refractivity contribution in [2.75, 3.05) is 50.1 Å². The second-order valence-corrected chi connectivity index (χ2v) is 6.57. The van der Waals surface area contributed by atoms with Crippen molar-refractivity contribution in [1.29, 1.82) is 0 Å². The highest BCUT2D eigenvalue weighted by Gasteiger charge is 2.30. The summed E-state index contributed by atoms with van der Waals surface area (Å²) in [5.41, 5.74) is 0.279. The zero-order valence-electron chi connectivity index (χ0n) is 14.9. The molecule has 2 heterocycles. The maximum absolute atomic E-state index is 12.6. The van der Waals surface area contributed by atoms with Crippen LogP contribution in [0.4, 0.5) is 24.9 Å². The van der Waals surface area contributed by atoms with Gasteiger partial charge in [-0.2, -0.15) is 18.2 Å². The Labute approximate surface area is 151 Å². The van der Waals surface area contributed by atoms with Crippen molar-refractivity contribution in [2.24, 2.45) is 0 Å². The molecule has 0 amide bonds. The van der Waals surface area contributed by atoms with E-state index in [2.05, 4.69) is 19.8 Å². The summed E-state index contributed by atoms with van der Waals surface area (Å²) in [6, 6.07) is 7.26. The van der Waals surface area contributed by atoms with Gasteiger partial charge in [-0.25, -0.2) is 4.98 Å². The molecule has 0 spiro atoms. The number of rotatable bonds is 4. The normalized spacial score (nSPS) is 16.0. The van der Waals surface area contributed by atoms with Gasteiger partial charge in [0, 0.05) is 53.0 Å². The van der Waals surface area contributed by atoms with Crippen LogP contribution in [0.1, 0.15) is 11.1 Å². The average molecular weight is 365 g/mol. The molecule has 2 aromatic rings. The zero-order valence-corrected chi connectivity index (χ0v) is 14.9. The molecule has 3 rings (SSSR count). The Hall–Kier alpha value is -2.35. The predicted octanol–water partition coefficient (Wildman–Crippen LogP) is 2.88. The smallest absolute Gasteiger partial charge is 0.363 e. The quantitative estimate of drug-likeness (QED) is 0.833. The van der Waals surface area contributed by atoms with Gasteiger partial charge in [0.05, 0.1) is 5.56 Å². The lowest BCUT2D eigenvalue weighted by Crippen LogP contribution is -2.46. The van der Waals surface area contributed by atoms with E-state index in [-0.39, 0.29) is 0 Å². The summed E-state index contributed by atoms with van der Waals surface area (Å²) in [5, 5.41) is 0. The number of anilines is 2. The molecular weight excluding hydrogens is 343 g/mol. The van der Waals surface area contributed by atoms with Crippen LogP contribution in [0.5, 0.6) is 0 Å². The van der Waals surface area contributed by atoms with Crippen molar-refractivity contribution in [1.82, 2.24) is 14.9 Å².